The smallest absolute Gasteiger partial charge is 0.125 e. The van der Waals surface area contributed by atoms with E-state index >= 15 is 0 Å². The summed E-state index contributed by atoms with van der Waals surface area (Å²) in [5.41, 5.74) is 2.34. The minimum atomic E-state index is -0.235. The predicted octanol–water partition coefficient (Wildman–Crippen LogP) is 3.61. The molecule has 0 bridgehead atoms. The summed E-state index contributed by atoms with van der Waals surface area (Å²) in [4.78, 5) is 0. The highest BCUT2D eigenvalue weighted by Crippen LogP contribution is 2.33. The van der Waals surface area contributed by atoms with E-state index in [-0.39, 0.29) is 6.10 Å². The summed E-state index contributed by atoms with van der Waals surface area (Å²) in [5.74, 6) is 1.53. The third kappa shape index (κ3) is 3.39. The average molecular weight is 269 g/mol. The van der Waals surface area contributed by atoms with Crippen molar-refractivity contribution in [2.45, 2.75) is 45.6 Å². The van der Waals surface area contributed by atoms with Gasteiger partial charge in [0.1, 0.15) is 5.75 Å². The lowest BCUT2D eigenvalue weighted by molar-refractivity contribution is 0.139. The highest BCUT2D eigenvalue weighted by atomic mass is 35.5. The first kappa shape index (κ1) is 13.7. The number of ether oxygens (including phenoxy) is 1. The van der Waals surface area contributed by atoms with Crippen molar-refractivity contribution in [3.8, 4) is 5.75 Å². The Morgan fingerprint density at radius 2 is 2.17 bits per heavy atom. The molecule has 1 unspecified atom stereocenters. The van der Waals surface area contributed by atoms with E-state index in [0.717, 1.165) is 48.6 Å². The molecule has 1 N–H and O–H groups in total. The number of aliphatic hydroxyl groups is 1. The molecule has 1 aromatic rings. The summed E-state index contributed by atoms with van der Waals surface area (Å²) in [6, 6.07) is 3.95. The van der Waals surface area contributed by atoms with Crippen LogP contribution in [0, 0.1) is 5.92 Å². The van der Waals surface area contributed by atoms with E-state index in [4.69, 9.17) is 16.3 Å². The van der Waals surface area contributed by atoms with Gasteiger partial charge in [0.25, 0.3) is 0 Å². The molecule has 0 amide bonds. The van der Waals surface area contributed by atoms with E-state index in [1.165, 1.54) is 5.56 Å². The summed E-state index contributed by atoms with van der Waals surface area (Å²) in [5, 5.41) is 10.7. The van der Waals surface area contributed by atoms with Crippen molar-refractivity contribution in [3.63, 3.8) is 0 Å². The molecule has 0 saturated heterocycles. The van der Waals surface area contributed by atoms with Gasteiger partial charge in [-0.05, 0) is 48.4 Å². The van der Waals surface area contributed by atoms with E-state index < -0.39 is 0 Å². The molecular weight excluding hydrogens is 248 g/mol. The van der Waals surface area contributed by atoms with E-state index in [0.29, 0.717) is 5.92 Å². The molecule has 2 nitrogen and oxygen atoms in total. The molecular formula is C15H21ClO2. The van der Waals surface area contributed by atoms with Gasteiger partial charge in [0.15, 0.2) is 0 Å². The number of hydrogen-bond acceptors (Lipinski definition) is 2. The molecule has 0 saturated carbocycles. The fourth-order valence-corrected chi connectivity index (χ4v) is 2.78. The number of rotatable bonds is 5. The van der Waals surface area contributed by atoms with E-state index in [2.05, 4.69) is 13.8 Å². The fraction of sp³-hybridized carbons (Fsp3) is 0.600. The average Bonchev–Trinajstić information content (AvgIpc) is 2.72. The van der Waals surface area contributed by atoms with Crippen LogP contribution in [0.1, 0.15) is 37.8 Å². The molecule has 1 aliphatic rings. The van der Waals surface area contributed by atoms with Crippen LogP contribution < -0.4 is 4.74 Å². The van der Waals surface area contributed by atoms with Gasteiger partial charge < -0.3 is 9.84 Å². The van der Waals surface area contributed by atoms with Crippen molar-refractivity contribution < 1.29 is 9.84 Å². The molecule has 0 aromatic heterocycles. The minimum Gasteiger partial charge on any atom is -0.493 e. The Labute approximate surface area is 114 Å². The van der Waals surface area contributed by atoms with Gasteiger partial charge in [-0.2, -0.15) is 0 Å². The Hall–Kier alpha value is -0.730. The molecule has 0 fully saturated rings. The summed E-state index contributed by atoms with van der Waals surface area (Å²) in [6.07, 6.45) is 3.16. The second-order valence-electron chi connectivity index (χ2n) is 5.47. The zero-order valence-electron chi connectivity index (χ0n) is 11.1. The van der Waals surface area contributed by atoms with Gasteiger partial charge in [0.2, 0.25) is 0 Å². The van der Waals surface area contributed by atoms with Gasteiger partial charge >= 0.3 is 0 Å². The fourth-order valence-electron chi connectivity index (χ4n) is 2.52. The van der Waals surface area contributed by atoms with Gasteiger partial charge in [-0.15, -0.1) is 0 Å². The third-order valence-corrected chi connectivity index (χ3v) is 3.53. The Balaban J connectivity index is 2.01. The first-order valence-corrected chi connectivity index (χ1v) is 7.06. The van der Waals surface area contributed by atoms with Crippen molar-refractivity contribution in [1.29, 1.82) is 0 Å². The summed E-state index contributed by atoms with van der Waals surface area (Å²) >= 11 is 6.11. The van der Waals surface area contributed by atoms with Gasteiger partial charge in [-0.3, -0.25) is 0 Å². The van der Waals surface area contributed by atoms with Gasteiger partial charge in [-0.1, -0.05) is 25.4 Å². The quantitative estimate of drug-likeness (QED) is 0.884. The van der Waals surface area contributed by atoms with Crippen LogP contribution in [0.3, 0.4) is 0 Å². The number of hydrogen-bond donors (Lipinski definition) is 1. The zero-order valence-corrected chi connectivity index (χ0v) is 11.8. The Morgan fingerprint density at radius 3 is 2.89 bits per heavy atom. The normalized spacial score (nSPS) is 15.6. The molecule has 0 spiro atoms. The van der Waals surface area contributed by atoms with Crippen LogP contribution in [0.25, 0.3) is 0 Å². The number of benzene rings is 1. The van der Waals surface area contributed by atoms with Crippen molar-refractivity contribution in [1.82, 2.24) is 0 Å². The maximum atomic E-state index is 9.92. The van der Waals surface area contributed by atoms with Crippen LogP contribution in [-0.4, -0.2) is 17.8 Å². The zero-order chi connectivity index (χ0) is 13.1. The minimum absolute atomic E-state index is 0.235. The van der Waals surface area contributed by atoms with Crippen molar-refractivity contribution in [2.75, 3.05) is 6.61 Å². The predicted molar refractivity (Wildman–Crippen MR) is 74.4 cm³/mol. The van der Waals surface area contributed by atoms with Crippen molar-refractivity contribution >= 4 is 11.6 Å². The molecule has 3 heteroatoms. The first-order chi connectivity index (χ1) is 8.56. The molecule has 100 valence electrons. The number of aryl methyl sites for hydroxylation is 1. The number of fused-ring (bicyclic) bond motifs is 1. The standard InChI is InChI=1S/C15H21ClO2/c1-10(2)7-14(17)4-3-11-8-13(16)9-12-5-6-18-15(11)12/h8-10,14,17H,3-7H2,1-2H3. The van der Waals surface area contributed by atoms with Crippen LogP contribution in [0.5, 0.6) is 5.75 Å². The van der Waals surface area contributed by atoms with Crippen molar-refractivity contribution in [2.24, 2.45) is 5.92 Å². The lowest BCUT2D eigenvalue weighted by Gasteiger charge is -2.14. The van der Waals surface area contributed by atoms with Gasteiger partial charge in [0.05, 0.1) is 12.7 Å². The van der Waals surface area contributed by atoms with E-state index in [1.54, 1.807) is 0 Å². The summed E-state index contributed by atoms with van der Waals surface area (Å²) < 4.78 is 5.66. The van der Waals surface area contributed by atoms with Gasteiger partial charge in [-0.25, -0.2) is 0 Å². The largest absolute Gasteiger partial charge is 0.493 e. The molecule has 2 rings (SSSR count). The van der Waals surface area contributed by atoms with Crippen LogP contribution in [0.2, 0.25) is 5.02 Å². The molecule has 1 atom stereocenters. The molecule has 0 aliphatic carbocycles. The molecule has 1 aliphatic heterocycles. The number of aliphatic hydroxyl groups excluding tert-OH is 1. The Kier molecular flexibility index (Phi) is 4.52. The van der Waals surface area contributed by atoms with Crippen LogP contribution in [0.4, 0.5) is 0 Å². The second-order valence-corrected chi connectivity index (χ2v) is 5.91. The highest BCUT2D eigenvalue weighted by molar-refractivity contribution is 6.30. The van der Waals surface area contributed by atoms with Gasteiger partial charge in [0, 0.05) is 11.4 Å². The Morgan fingerprint density at radius 1 is 1.39 bits per heavy atom. The van der Waals surface area contributed by atoms with Crippen LogP contribution in [0.15, 0.2) is 12.1 Å². The highest BCUT2D eigenvalue weighted by Gasteiger charge is 2.18. The lowest BCUT2D eigenvalue weighted by Crippen LogP contribution is -2.11. The summed E-state index contributed by atoms with van der Waals surface area (Å²) in [6.45, 7) is 5.00. The number of halogens is 1. The van der Waals surface area contributed by atoms with E-state index in [1.807, 2.05) is 12.1 Å². The molecule has 18 heavy (non-hydrogen) atoms. The molecule has 1 heterocycles. The van der Waals surface area contributed by atoms with Crippen molar-refractivity contribution in [3.05, 3.63) is 28.3 Å². The SMILES string of the molecule is CC(C)CC(O)CCc1cc(Cl)cc2c1OCC2. The van der Waals surface area contributed by atoms with Crippen LogP contribution in [-0.2, 0) is 12.8 Å². The topological polar surface area (TPSA) is 29.5 Å². The molecule has 1 aromatic carbocycles. The molecule has 0 radical (unpaired) electrons. The first-order valence-electron chi connectivity index (χ1n) is 6.68. The second kappa shape index (κ2) is 5.94. The maximum Gasteiger partial charge on any atom is 0.125 e. The summed E-state index contributed by atoms with van der Waals surface area (Å²) in [7, 11) is 0. The maximum absolute atomic E-state index is 9.92. The Bertz CT molecular complexity index is 415. The van der Waals surface area contributed by atoms with Crippen LogP contribution >= 0.6 is 11.6 Å². The third-order valence-electron chi connectivity index (χ3n) is 3.32. The van der Waals surface area contributed by atoms with E-state index in [9.17, 15) is 5.11 Å². The monoisotopic (exact) mass is 268 g/mol. The lowest BCUT2D eigenvalue weighted by atomic mass is 9.98.